The van der Waals surface area contributed by atoms with E-state index < -0.39 is 11.7 Å². The summed E-state index contributed by atoms with van der Waals surface area (Å²) in [4.78, 5) is 0. The van der Waals surface area contributed by atoms with Gasteiger partial charge in [0.25, 0.3) is 0 Å². The fourth-order valence-electron chi connectivity index (χ4n) is 1.53. The standard InChI is InChI=1S/C14H10F3IO2/c1-19-10-3-5-11(6-4-10)20-13-7-2-9(8-12(13)18)14(15,16)17/h2-8H,1H3. The predicted molar refractivity (Wildman–Crippen MR) is 77.2 cm³/mol. The van der Waals surface area contributed by atoms with E-state index >= 15 is 0 Å². The highest BCUT2D eigenvalue weighted by molar-refractivity contribution is 14.1. The van der Waals surface area contributed by atoms with Crippen LogP contribution in [0.15, 0.2) is 42.5 Å². The number of ether oxygens (including phenoxy) is 2. The number of rotatable bonds is 3. The van der Waals surface area contributed by atoms with Crippen molar-refractivity contribution >= 4 is 22.6 Å². The first-order valence-corrected chi connectivity index (χ1v) is 6.66. The first-order valence-electron chi connectivity index (χ1n) is 5.59. The molecule has 0 saturated heterocycles. The van der Waals surface area contributed by atoms with Gasteiger partial charge in [0.05, 0.1) is 16.2 Å². The molecule has 2 aromatic carbocycles. The molecule has 0 N–H and O–H groups in total. The molecule has 0 aliphatic carbocycles. The first kappa shape index (κ1) is 15.0. The normalized spacial score (nSPS) is 11.2. The van der Waals surface area contributed by atoms with Gasteiger partial charge in [-0.1, -0.05) is 0 Å². The minimum absolute atomic E-state index is 0.378. The summed E-state index contributed by atoms with van der Waals surface area (Å²) in [5, 5.41) is 0. The molecule has 2 rings (SSSR count). The Labute approximate surface area is 127 Å². The van der Waals surface area contributed by atoms with Crippen molar-refractivity contribution in [1.82, 2.24) is 0 Å². The third-order valence-corrected chi connectivity index (χ3v) is 3.39. The van der Waals surface area contributed by atoms with E-state index in [1.165, 1.54) is 6.07 Å². The zero-order chi connectivity index (χ0) is 14.8. The summed E-state index contributed by atoms with van der Waals surface area (Å²) < 4.78 is 48.6. The lowest BCUT2D eigenvalue weighted by Crippen LogP contribution is -2.05. The second kappa shape index (κ2) is 5.90. The van der Waals surface area contributed by atoms with Crippen LogP contribution in [0.1, 0.15) is 5.56 Å². The van der Waals surface area contributed by atoms with E-state index in [0.717, 1.165) is 12.1 Å². The SMILES string of the molecule is COc1ccc(Oc2ccc(C(F)(F)F)cc2I)cc1. The van der Waals surface area contributed by atoms with E-state index in [2.05, 4.69) is 0 Å². The van der Waals surface area contributed by atoms with Crippen LogP contribution in [0.25, 0.3) is 0 Å². The van der Waals surface area contributed by atoms with Crippen molar-refractivity contribution < 1.29 is 22.6 Å². The van der Waals surface area contributed by atoms with Crippen molar-refractivity contribution in [2.24, 2.45) is 0 Å². The highest BCUT2D eigenvalue weighted by Crippen LogP contribution is 2.34. The van der Waals surface area contributed by atoms with E-state index in [-0.39, 0.29) is 0 Å². The molecule has 0 bridgehead atoms. The minimum Gasteiger partial charge on any atom is -0.497 e. The maximum atomic E-state index is 12.6. The smallest absolute Gasteiger partial charge is 0.416 e. The molecule has 2 aromatic rings. The van der Waals surface area contributed by atoms with Gasteiger partial charge in [-0.25, -0.2) is 0 Å². The van der Waals surface area contributed by atoms with Gasteiger partial charge in [-0.05, 0) is 65.1 Å². The van der Waals surface area contributed by atoms with Gasteiger partial charge in [0.15, 0.2) is 0 Å². The van der Waals surface area contributed by atoms with Crippen LogP contribution in [0, 0.1) is 3.57 Å². The maximum absolute atomic E-state index is 12.6. The Morgan fingerprint density at radius 1 is 0.950 bits per heavy atom. The second-order valence-corrected chi connectivity index (χ2v) is 5.08. The van der Waals surface area contributed by atoms with Crippen LogP contribution in [0.5, 0.6) is 17.2 Å². The quantitative estimate of drug-likeness (QED) is 0.674. The Hall–Kier alpha value is -1.44. The van der Waals surface area contributed by atoms with Crippen LogP contribution in [0.3, 0.4) is 0 Å². The van der Waals surface area contributed by atoms with Crippen LogP contribution in [-0.4, -0.2) is 7.11 Å². The summed E-state index contributed by atoms with van der Waals surface area (Å²) in [5.41, 5.74) is -0.691. The largest absolute Gasteiger partial charge is 0.497 e. The van der Waals surface area contributed by atoms with E-state index in [0.29, 0.717) is 20.8 Å². The molecule has 0 spiro atoms. The van der Waals surface area contributed by atoms with Crippen LogP contribution in [-0.2, 0) is 6.18 Å². The zero-order valence-corrected chi connectivity index (χ0v) is 12.5. The Balaban J connectivity index is 2.21. The molecule has 6 heteroatoms. The molecular formula is C14H10F3IO2. The number of hydrogen-bond donors (Lipinski definition) is 0. The fourth-order valence-corrected chi connectivity index (χ4v) is 2.16. The predicted octanol–water partition coefficient (Wildman–Crippen LogP) is 5.11. The van der Waals surface area contributed by atoms with E-state index in [9.17, 15) is 13.2 Å². The topological polar surface area (TPSA) is 18.5 Å². The summed E-state index contributed by atoms with van der Waals surface area (Å²) in [7, 11) is 1.55. The molecule has 0 aromatic heterocycles. The van der Waals surface area contributed by atoms with Crippen molar-refractivity contribution in [2.75, 3.05) is 7.11 Å². The minimum atomic E-state index is -4.35. The molecule has 0 aliphatic heterocycles. The summed E-state index contributed by atoms with van der Waals surface area (Å²) >= 11 is 1.82. The lowest BCUT2D eigenvalue weighted by molar-refractivity contribution is -0.137. The summed E-state index contributed by atoms with van der Waals surface area (Å²) in [6.45, 7) is 0. The monoisotopic (exact) mass is 394 g/mol. The molecule has 2 nitrogen and oxygen atoms in total. The Bertz CT molecular complexity index is 594. The number of halogens is 4. The summed E-state index contributed by atoms with van der Waals surface area (Å²) in [5.74, 6) is 1.59. The van der Waals surface area contributed by atoms with Crippen LogP contribution >= 0.6 is 22.6 Å². The number of alkyl halides is 3. The highest BCUT2D eigenvalue weighted by atomic mass is 127. The maximum Gasteiger partial charge on any atom is 0.416 e. The van der Waals surface area contributed by atoms with Crippen molar-refractivity contribution in [3.05, 3.63) is 51.6 Å². The molecule has 0 amide bonds. The average molecular weight is 394 g/mol. The highest BCUT2D eigenvalue weighted by Gasteiger charge is 2.30. The van der Waals surface area contributed by atoms with Gasteiger partial charge in [0.1, 0.15) is 17.2 Å². The molecule has 0 saturated carbocycles. The van der Waals surface area contributed by atoms with Gasteiger partial charge in [0, 0.05) is 0 Å². The first-order chi connectivity index (χ1) is 9.40. The van der Waals surface area contributed by atoms with Crippen LogP contribution in [0.2, 0.25) is 0 Å². The van der Waals surface area contributed by atoms with Gasteiger partial charge < -0.3 is 9.47 Å². The lowest BCUT2D eigenvalue weighted by atomic mass is 10.2. The third-order valence-electron chi connectivity index (χ3n) is 2.55. The molecule has 0 unspecified atom stereocenters. The van der Waals surface area contributed by atoms with Crippen LogP contribution in [0.4, 0.5) is 13.2 Å². The van der Waals surface area contributed by atoms with Gasteiger partial charge in [-0.15, -0.1) is 0 Å². The molecule has 0 fully saturated rings. The van der Waals surface area contributed by atoms with Gasteiger partial charge in [0.2, 0.25) is 0 Å². The number of methoxy groups -OCH3 is 1. The fraction of sp³-hybridized carbons (Fsp3) is 0.143. The molecule has 20 heavy (non-hydrogen) atoms. The van der Waals surface area contributed by atoms with Gasteiger partial charge in [-0.2, -0.15) is 13.2 Å². The summed E-state index contributed by atoms with van der Waals surface area (Å²) in [6.07, 6.45) is -4.35. The molecule has 0 heterocycles. The van der Waals surface area contributed by atoms with E-state index in [4.69, 9.17) is 9.47 Å². The lowest BCUT2D eigenvalue weighted by Gasteiger charge is -2.11. The molecule has 0 radical (unpaired) electrons. The van der Waals surface area contributed by atoms with Crippen molar-refractivity contribution in [1.29, 1.82) is 0 Å². The van der Waals surface area contributed by atoms with Crippen LogP contribution < -0.4 is 9.47 Å². The number of hydrogen-bond acceptors (Lipinski definition) is 2. The van der Waals surface area contributed by atoms with Crippen molar-refractivity contribution in [3.8, 4) is 17.2 Å². The molecule has 0 atom stereocenters. The molecular weight excluding hydrogens is 384 g/mol. The van der Waals surface area contributed by atoms with Gasteiger partial charge >= 0.3 is 6.18 Å². The zero-order valence-electron chi connectivity index (χ0n) is 10.4. The molecule has 0 aliphatic rings. The number of benzene rings is 2. The van der Waals surface area contributed by atoms with Crippen molar-refractivity contribution in [2.45, 2.75) is 6.18 Å². The van der Waals surface area contributed by atoms with E-state index in [1.54, 1.807) is 31.4 Å². The Morgan fingerprint density at radius 3 is 2.05 bits per heavy atom. The Kier molecular flexibility index (Phi) is 4.42. The Morgan fingerprint density at radius 2 is 1.55 bits per heavy atom. The average Bonchev–Trinajstić information content (AvgIpc) is 2.41. The molecule has 106 valence electrons. The van der Waals surface area contributed by atoms with Gasteiger partial charge in [-0.3, -0.25) is 0 Å². The van der Waals surface area contributed by atoms with E-state index in [1.807, 2.05) is 22.6 Å². The summed E-state index contributed by atoms with van der Waals surface area (Å²) in [6, 6.07) is 10.2. The van der Waals surface area contributed by atoms with Crippen molar-refractivity contribution in [3.63, 3.8) is 0 Å². The second-order valence-electron chi connectivity index (χ2n) is 3.92. The third kappa shape index (κ3) is 3.56.